The van der Waals surface area contributed by atoms with E-state index in [0.29, 0.717) is 22.6 Å². The summed E-state index contributed by atoms with van der Waals surface area (Å²) in [4.78, 5) is 12.6. The second-order valence-corrected chi connectivity index (χ2v) is 9.92. The van der Waals surface area contributed by atoms with Gasteiger partial charge in [-0.15, -0.1) is 11.6 Å². The summed E-state index contributed by atoms with van der Waals surface area (Å²) < 4.78 is 0. The van der Waals surface area contributed by atoms with Gasteiger partial charge in [0.15, 0.2) is 0 Å². The monoisotopic (exact) mass is 483 g/mol. The van der Waals surface area contributed by atoms with Crippen LogP contribution in [-0.2, 0) is 0 Å². The Morgan fingerprint density at radius 2 is 1.84 bits per heavy atom. The lowest BCUT2D eigenvalue weighted by molar-refractivity contribution is 0.241. The van der Waals surface area contributed by atoms with E-state index in [1.807, 2.05) is 31.2 Å². The molecule has 0 aromatic heterocycles. The molecule has 4 nitrogen and oxygen atoms in total. The van der Waals surface area contributed by atoms with Crippen molar-refractivity contribution in [1.29, 1.82) is 0 Å². The highest BCUT2D eigenvalue weighted by atomic mass is 35.5. The fourth-order valence-corrected chi connectivity index (χ4v) is 4.94. The molecule has 0 spiro atoms. The number of alkyl halides is 1. The van der Waals surface area contributed by atoms with E-state index >= 15 is 0 Å². The van der Waals surface area contributed by atoms with Gasteiger partial charge in [-0.25, -0.2) is 4.79 Å². The third kappa shape index (κ3) is 7.71. The highest BCUT2D eigenvalue weighted by Gasteiger charge is 2.23. The summed E-state index contributed by atoms with van der Waals surface area (Å²) in [5.41, 5.74) is 1.90. The van der Waals surface area contributed by atoms with E-state index in [1.54, 1.807) is 12.2 Å². The first kappa shape index (κ1) is 24.4. The molecule has 31 heavy (non-hydrogen) atoms. The van der Waals surface area contributed by atoms with Crippen molar-refractivity contribution in [2.75, 3.05) is 13.1 Å². The minimum atomic E-state index is -0.243. The van der Waals surface area contributed by atoms with E-state index in [-0.39, 0.29) is 23.2 Å². The molecule has 170 valence electrons. The minimum Gasteiger partial charge on any atom is -0.337 e. The third-order valence-corrected chi connectivity index (χ3v) is 7.21. The highest BCUT2D eigenvalue weighted by molar-refractivity contribution is 6.32. The van der Waals surface area contributed by atoms with Crippen molar-refractivity contribution in [1.82, 2.24) is 16.0 Å². The van der Waals surface area contributed by atoms with Gasteiger partial charge in [0.05, 0.1) is 5.38 Å². The van der Waals surface area contributed by atoms with Crippen LogP contribution in [0.2, 0.25) is 5.02 Å². The van der Waals surface area contributed by atoms with Gasteiger partial charge in [0.25, 0.3) is 0 Å². The van der Waals surface area contributed by atoms with Crippen LogP contribution in [0.4, 0.5) is 4.79 Å². The SMILES string of the molecule is CC1C(NC(=O)NCC(CCNC2CCCCC2)c2ccc(Cl)cc2)=CC(Cl)=CC1Cl. The van der Waals surface area contributed by atoms with Crippen LogP contribution in [0, 0.1) is 5.92 Å². The third-order valence-electron chi connectivity index (χ3n) is 6.22. The van der Waals surface area contributed by atoms with Crippen LogP contribution in [0.15, 0.2) is 47.1 Å². The van der Waals surface area contributed by atoms with Gasteiger partial charge in [-0.1, -0.05) is 61.5 Å². The molecule has 2 amide bonds. The van der Waals surface area contributed by atoms with Crippen molar-refractivity contribution in [3.63, 3.8) is 0 Å². The molecule has 7 heteroatoms. The van der Waals surface area contributed by atoms with E-state index in [4.69, 9.17) is 34.8 Å². The Hall–Kier alpha value is -1.20. The van der Waals surface area contributed by atoms with Crippen molar-refractivity contribution in [2.24, 2.45) is 5.92 Å². The first-order valence-corrected chi connectivity index (χ1v) is 12.4. The molecule has 0 aliphatic heterocycles. The summed E-state index contributed by atoms with van der Waals surface area (Å²) in [6.07, 6.45) is 11.0. The lowest BCUT2D eigenvalue weighted by Crippen LogP contribution is -2.40. The van der Waals surface area contributed by atoms with Gasteiger partial charge in [-0.3, -0.25) is 0 Å². The van der Waals surface area contributed by atoms with E-state index in [0.717, 1.165) is 18.7 Å². The molecule has 1 saturated carbocycles. The molecule has 1 aromatic carbocycles. The molecule has 2 aliphatic rings. The number of hydrogen-bond donors (Lipinski definition) is 3. The molecule has 0 radical (unpaired) electrons. The average molecular weight is 485 g/mol. The maximum atomic E-state index is 12.6. The standard InChI is InChI=1S/C24H32Cl3N3O/c1-16-22(27)13-20(26)14-23(16)30-24(31)29-15-18(17-7-9-19(25)10-8-17)11-12-28-21-5-3-2-4-6-21/h7-10,13-14,16,18,21-22,28H,2-6,11-12,15H2,1H3,(H2,29,30,31). The number of rotatable bonds is 8. The van der Waals surface area contributed by atoms with Gasteiger partial charge in [0, 0.05) is 40.2 Å². The second kappa shape index (κ2) is 12.2. The quantitative estimate of drug-likeness (QED) is 0.379. The molecular weight excluding hydrogens is 453 g/mol. The molecule has 0 saturated heterocycles. The number of nitrogens with one attached hydrogen (secondary N) is 3. The van der Waals surface area contributed by atoms with Crippen LogP contribution in [-0.4, -0.2) is 30.5 Å². The molecule has 0 bridgehead atoms. The molecular formula is C24H32Cl3N3O. The van der Waals surface area contributed by atoms with Crippen LogP contribution in [0.25, 0.3) is 0 Å². The Morgan fingerprint density at radius 3 is 2.55 bits per heavy atom. The summed E-state index contributed by atoms with van der Waals surface area (Å²) in [6, 6.07) is 8.28. The largest absolute Gasteiger partial charge is 0.337 e. The summed E-state index contributed by atoms with van der Waals surface area (Å²) in [6.45, 7) is 3.43. The van der Waals surface area contributed by atoms with Crippen LogP contribution < -0.4 is 16.0 Å². The Kier molecular flexibility index (Phi) is 9.58. The average Bonchev–Trinajstić information content (AvgIpc) is 2.75. The van der Waals surface area contributed by atoms with Crippen LogP contribution in [0.3, 0.4) is 0 Å². The van der Waals surface area contributed by atoms with Crippen LogP contribution in [0.5, 0.6) is 0 Å². The molecule has 1 fully saturated rings. The minimum absolute atomic E-state index is 0.0123. The maximum absolute atomic E-state index is 12.6. The van der Waals surface area contributed by atoms with Crippen molar-refractivity contribution in [2.45, 2.75) is 62.8 Å². The van der Waals surface area contributed by atoms with Gasteiger partial charge in [-0.2, -0.15) is 0 Å². The molecule has 3 rings (SSSR count). The van der Waals surface area contributed by atoms with E-state index in [2.05, 4.69) is 16.0 Å². The fourth-order valence-electron chi connectivity index (χ4n) is 4.23. The van der Waals surface area contributed by atoms with Crippen molar-refractivity contribution >= 4 is 40.8 Å². The first-order valence-electron chi connectivity index (χ1n) is 11.2. The number of carbonyl (C=O) groups is 1. The number of benzene rings is 1. The van der Waals surface area contributed by atoms with Crippen molar-refractivity contribution in [3.05, 3.63) is 57.7 Å². The number of halogens is 3. The Bertz CT molecular complexity index is 788. The number of allylic oxidation sites excluding steroid dienone is 4. The molecule has 3 atom stereocenters. The van der Waals surface area contributed by atoms with E-state index in [9.17, 15) is 4.79 Å². The normalized spacial score (nSPS) is 23.0. The summed E-state index contributed by atoms with van der Waals surface area (Å²) in [5.74, 6) is 0.183. The predicted molar refractivity (Wildman–Crippen MR) is 131 cm³/mol. The number of hydrogen-bond acceptors (Lipinski definition) is 2. The lowest BCUT2D eigenvalue weighted by Gasteiger charge is -2.26. The Morgan fingerprint density at radius 1 is 1.13 bits per heavy atom. The summed E-state index contributed by atoms with van der Waals surface area (Å²) in [7, 11) is 0. The molecule has 0 heterocycles. The molecule has 1 aromatic rings. The van der Waals surface area contributed by atoms with Gasteiger partial charge in [0.1, 0.15) is 0 Å². The van der Waals surface area contributed by atoms with E-state index in [1.165, 1.54) is 37.7 Å². The molecule has 3 N–H and O–H groups in total. The zero-order valence-electron chi connectivity index (χ0n) is 18.0. The van der Waals surface area contributed by atoms with Gasteiger partial charge < -0.3 is 16.0 Å². The van der Waals surface area contributed by atoms with Gasteiger partial charge in [0.2, 0.25) is 0 Å². The predicted octanol–water partition coefficient (Wildman–Crippen LogP) is 6.30. The maximum Gasteiger partial charge on any atom is 0.319 e. The zero-order valence-corrected chi connectivity index (χ0v) is 20.2. The van der Waals surface area contributed by atoms with E-state index < -0.39 is 0 Å². The lowest BCUT2D eigenvalue weighted by atomic mass is 9.93. The number of urea groups is 1. The number of carbonyl (C=O) groups excluding carboxylic acids is 1. The Balaban J connectivity index is 1.55. The molecule has 3 unspecified atom stereocenters. The zero-order chi connectivity index (χ0) is 22.2. The summed E-state index contributed by atoms with van der Waals surface area (Å²) >= 11 is 18.5. The fraction of sp³-hybridized carbons (Fsp3) is 0.542. The van der Waals surface area contributed by atoms with Gasteiger partial charge in [-0.05, 0) is 55.7 Å². The first-order chi connectivity index (χ1) is 14.9. The van der Waals surface area contributed by atoms with Crippen LogP contribution in [0.1, 0.15) is 56.9 Å². The number of amides is 2. The van der Waals surface area contributed by atoms with Crippen LogP contribution >= 0.6 is 34.8 Å². The van der Waals surface area contributed by atoms with Crippen molar-refractivity contribution in [3.8, 4) is 0 Å². The van der Waals surface area contributed by atoms with Crippen molar-refractivity contribution < 1.29 is 4.79 Å². The summed E-state index contributed by atoms with van der Waals surface area (Å²) in [5, 5.41) is 10.7. The molecule has 2 aliphatic carbocycles. The smallest absolute Gasteiger partial charge is 0.319 e. The Labute approximate surface area is 200 Å². The van der Waals surface area contributed by atoms with Gasteiger partial charge >= 0.3 is 6.03 Å². The second-order valence-electron chi connectivity index (χ2n) is 8.55. The highest BCUT2D eigenvalue weighted by Crippen LogP contribution is 2.28. The topological polar surface area (TPSA) is 53.2 Å².